The summed E-state index contributed by atoms with van der Waals surface area (Å²) in [6, 6.07) is 4.06. The van der Waals surface area contributed by atoms with E-state index in [2.05, 4.69) is 37.6 Å². The highest BCUT2D eigenvalue weighted by Crippen LogP contribution is 2.31. The second-order valence-corrected chi connectivity index (χ2v) is 9.87. The zero-order chi connectivity index (χ0) is 24.6. The first-order valence-corrected chi connectivity index (χ1v) is 12.8. The summed E-state index contributed by atoms with van der Waals surface area (Å²) in [5.41, 5.74) is 1.49. The number of hydrogen-bond acceptors (Lipinski definition) is 8. The summed E-state index contributed by atoms with van der Waals surface area (Å²) < 4.78 is 34.0. The van der Waals surface area contributed by atoms with E-state index in [9.17, 15) is 18.0 Å². The average molecular weight is 493 g/mol. The highest BCUT2D eigenvalue weighted by atomic mass is 32.2. The van der Waals surface area contributed by atoms with Gasteiger partial charge in [0, 0.05) is 25.5 Å². The maximum absolute atomic E-state index is 13.3. The number of hydrogen-bond donors (Lipinski definition) is 5. The molecule has 2 heterocycles. The topological polar surface area (TPSA) is 154 Å². The van der Waals surface area contributed by atoms with Crippen LogP contribution in [0.4, 0.5) is 11.6 Å². The van der Waals surface area contributed by atoms with Gasteiger partial charge in [0.05, 0.1) is 12.3 Å². The number of carbonyl (C=O) groups excluding carboxylic acids is 2. The number of esters is 1. The maximum Gasteiger partial charge on any atom is 0.325 e. The van der Waals surface area contributed by atoms with Gasteiger partial charge < -0.3 is 25.7 Å². The lowest BCUT2D eigenvalue weighted by atomic mass is 9.96. The number of anilines is 2. The Bertz CT molecular complexity index is 1070. The Morgan fingerprint density at radius 2 is 2.15 bits per heavy atom. The number of amides is 1. The molecule has 0 radical (unpaired) electrons. The highest BCUT2D eigenvalue weighted by molar-refractivity contribution is 7.89. The largest absolute Gasteiger partial charge is 0.465 e. The van der Waals surface area contributed by atoms with Crippen LogP contribution in [-0.2, 0) is 30.8 Å². The van der Waals surface area contributed by atoms with Crippen molar-refractivity contribution in [1.29, 1.82) is 0 Å². The number of H-pyrrole nitrogens is 1. The summed E-state index contributed by atoms with van der Waals surface area (Å²) in [7, 11) is -4.02. The van der Waals surface area contributed by atoms with Gasteiger partial charge in [-0.3, -0.25) is 9.59 Å². The quantitative estimate of drug-likeness (QED) is 0.219. The van der Waals surface area contributed by atoms with E-state index in [1.54, 1.807) is 25.4 Å². The molecule has 0 spiro atoms. The number of sulfonamides is 1. The van der Waals surface area contributed by atoms with Crippen LogP contribution in [0.25, 0.3) is 0 Å². The lowest BCUT2D eigenvalue weighted by Gasteiger charge is -2.26. The second kappa shape index (κ2) is 11.8. The molecule has 1 unspecified atom stereocenters. The molecule has 2 aromatic rings. The summed E-state index contributed by atoms with van der Waals surface area (Å²) in [4.78, 5) is 31.5. The number of para-hydroxylation sites is 1. The van der Waals surface area contributed by atoms with Gasteiger partial charge in [-0.05, 0) is 43.7 Å². The van der Waals surface area contributed by atoms with Crippen molar-refractivity contribution >= 4 is 33.5 Å². The van der Waals surface area contributed by atoms with Gasteiger partial charge in [-0.25, -0.2) is 13.4 Å². The summed E-state index contributed by atoms with van der Waals surface area (Å²) in [6.45, 7) is 4.75. The third-order valence-electron chi connectivity index (χ3n) is 5.38. The van der Waals surface area contributed by atoms with E-state index in [1.165, 1.54) is 6.07 Å². The molecule has 1 amide bonds. The minimum atomic E-state index is -4.02. The Hall–Kier alpha value is -3.12. The normalized spacial score (nSPS) is 16.1. The number of fused-ring (bicyclic) bond motifs is 1. The molecule has 12 heteroatoms. The summed E-state index contributed by atoms with van der Waals surface area (Å²) in [5, 5.41) is 8.75. The zero-order valence-electron chi connectivity index (χ0n) is 19.4. The van der Waals surface area contributed by atoms with Crippen molar-refractivity contribution in [2.75, 3.05) is 36.9 Å². The van der Waals surface area contributed by atoms with Crippen LogP contribution in [-0.4, -0.2) is 62.5 Å². The molecule has 1 aromatic carbocycles. The average Bonchev–Trinajstić information content (AvgIpc) is 3.32. The van der Waals surface area contributed by atoms with Gasteiger partial charge >= 0.3 is 5.97 Å². The van der Waals surface area contributed by atoms with Crippen LogP contribution in [0.2, 0.25) is 0 Å². The van der Waals surface area contributed by atoms with Crippen LogP contribution in [0.3, 0.4) is 0 Å². The molecule has 0 aliphatic carbocycles. The van der Waals surface area contributed by atoms with Crippen LogP contribution in [0.1, 0.15) is 32.3 Å². The second-order valence-electron chi connectivity index (χ2n) is 8.18. The first kappa shape index (κ1) is 25.5. The van der Waals surface area contributed by atoms with Gasteiger partial charge in [-0.15, -0.1) is 0 Å². The molecule has 186 valence electrons. The van der Waals surface area contributed by atoms with Crippen molar-refractivity contribution in [2.24, 2.45) is 5.92 Å². The molecule has 11 nitrogen and oxygen atoms in total. The Morgan fingerprint density at radius 1 is 1.32 bits per heavy atom. The minimum Gasteiger partial charge on any atom is -0.465 e. The molecule has 1 aliphatic rings. The lowest BCUT2D eigenvalue weighted by Crippen LogP contribution is -2.48. The number of nitrogens with zero attached hydrogens (tertiary/aromatic N) is 1. The summed E-state index contributed by atoms with van der Waals surface area (Å²) in [6.07, 6.45) is 4.74. The molecule has 0 bridgehead atoms. The fraction of sp³-hybridized carbons (Fsp3) is 0.500. The van der Waals surface area contributed by atoms with Gasteiger partial charge in [-0.1, -0.05) is 19.1 Å². The molecule has 34 heavy (non-hydrogen) atoms. The Morgan fingerprint density at radius 3 is 2.88 bits per heavy atom. The number of nitrogens with one attached hydrogen (secondary N) is 5. The number of aromatic amines is 1. The van der Waals surface area contributed by atoms with E-state index in [0.717, 1.165) is 12.0 Å². The van der Waals surface area contributed by atoms with E-state index in [4.69, 9.17) is 4.74 Å². The van der Waals surface area contributed by atoms with Gasteiger partial charge in [0.2, 0.25) is 15.9 Å². The van der Waals surface area contributed by atoms with E-state index >= 15 is 0 Å². The predicted molar refractivity (Wildman–Crippen MR) is 128 cm³/mol. The molecule has 2 atom stereocenters. The molecule has 1 aliphatic heterocycles. The van der Waals surface area contributed by atoms with Gasteiger partial charge in [0.1, 0.15) is 17.5 Å². The number of benzene rings is 1. The van der Waals surface area contributed by atoms with E-state index in [-0.39, 0.29) is 24.5 Å². The van der Waals surface area contributed by atoms with Gasteiger partial charge in [0.15, 0.2) is 5.95 Å². The summed E-state index contributed by atoms with van der Waals surface area (Å²) in [5.74, 6) is -0.213. The van der Waals surface area contributed by atoms with Crippen LogP contribution in [0.15, 0.2) is 35.5 Å². The smallest absolute Gasteiger partial charge is 0.325 e. The SMILES string of the molecule is CCOC(=O)CNC(=O)[C@H](CCCNc1ncc[nH]1)NS(=O)(=O)c1cccc2c1NCC(C)C2. The first-order chi connectivity index (χ1) is 16.3. The third-order valence-corrected chi connectivity index (χ3v) is 6.90. The maximum atomic E-state index is 13.3. The Kier molecular flexibility index (Phi) is 8.88. The molecular formula is C22H32N6O5S. The zero-order valence-corrected chi connectivity index (χ0v) is 20.2. The monoisotopic (exact) mass is 492 g/mol. The molecule has 5 N–H and O–H groups in total. The molecular weight excluding hydrogens is 460 g/mol. The first-order valence-electron chi connectivity index (χ1n) is 11.3. The van der Waals surface area contributed by atoms with Crippen LogP contribution in [0, 0.1) is 5.92 Å². The van der Waals surface area contributed by atoms with Crippen LogP contribution < -0.4 is 20.7 Å². The summed E-state index contributed by atoms with van der Waals surface area (Å²) >= 11 is 0. The van der Waals surface area contributed by atoms with Crippen molar-refractivity contribution in [3.63, 3.8) is 0 Å². The van der Waals surface area contributed by atoms with Gasteiger partial charge in [0.25, 0.3) is 0 Å². The van der Waals surface area contributed by atoms with Crippen LogP contribution in [0.5, 0.6) is 0 Å². The minimum absolute atomic E-state index is 0.105. The van der Waals surface area contributed by atoms with Gasteiger partial charge in [-0.2, -0.15) is 4.72 Å². The van der Waals surface area contributed by atoms with E-state index in [1.807, 2.05) is 6.07 Å². The number of carbonyl (C=O) groups is 2. The number of imidazole rings is 1. The predicted octanol–water partition coefficient (Wildman–Crippen LogP) is 1.23. The Labute approximate surface area is 199 Å². The number of aromatic nitrogens is 2. The Balaban J connectivity index is 1.71. The van der Waals surface area contributed by atoms with E-state index in [0.29, 0.717) is 37.1 Å². The van der Waals surface area contributed by atoms with Crippen molar-refractivity contribution < 1.29 is 22.7 Å². The lowest BCUT2D eigenvalue weighted by molar-refractivity contribution is -0.143. The van der Waals surface area contributed by atoms with Crippen molar-refractivity contribution in [2.45, 2.75) is 44.0 Å². The molecule has 0 saturated carbocycles. The molecule has 1 aromatic heterocycles. The fourth-order valence-electron chi connectivity index (χ4n) is 3.76. The highest BCUT2D eigenvalue weighted by Gasteiger charge is 2.29. The van der Waals surface area contributed by atoms with Crippen molar-refractivity contribution in [3.8, 4) is 0 Å². The van der Waals surface area contributed by atoms with Crippen LogP contribution >= 0.6 is 0 Å². The fourth-order valence-corrected chi connectivity index (χ4v) is 5.22. The number of rotatable bonds is 12. The van der Waals surface area contributed by atoms with Crippen molar-refractivity contribution in [1.82, 2.24) is 20.0 Å². The third kappa shape index (κ3) is 6.94. The molecule has 0 saturated heterocycles. The molecule has 3 rings (SSSR count). The standard InChI is InChI=1S/C22H32N6O5S/c1-3-33-19(29)14-27-21(30)17(7-5-9-23-22-24-10-11-25-22)28-34(31,32)18-8-4-6-16-12-15(2)13-26-20(16)18/h4,6,8,10-11,15,17,26,28H,3,5,7,9,12-14H2,1-2H3,(H,27,30)(H2,23,24,25)/t15?,17-/m0/s1. The molecule has 0 fully saturated rings. The van der Waals surface area contributed by atoms with Crippen molar-refractivity contribution in [3.05, 3.63) is 36.2 Å². The number of ether oxygens (including phenoxy) is 1. The van der Waals surface area contributed by atoms with E-state index < -0.39 is 27.9 Å².